The summed E-state index contributed by atoms with van der Waals surface area (Å²) in [5, 5.41) is 0. The molecule has 0 amide bonds. The Balaban J connectivity index is 2.61. The Hall–Kier alpha value is -1.19. The Bertz CT molecular complexity index is 365. The Morgan fingerprint density at radius 2 is 1.89 bits per heavy atom. The molecule has 0 heterocycles. The Morgan fingerprint density at radius 3 is 2.42 bits per heavy atom. The third-order valence-corrected chi connectivity index (χ3v) is 4.06. The van der Waals surface area contributed by atoms with Gasteiger partial charge in [-0.05, 0) is 24.2 Å². The molecule has 0 aromatic heterocycles. The second-order valence-electron chi connectivity index (χ2n) is 6.40. The van der Waals surface area contributed by atoms with Gasteiger partial charge in [0.05, 0.1) is 19.4 Å². The number of esters is 1. The molecule has 0 saturated heterocycles. The molecule has 0 aliphatic heterocycles. The predicted molar refractivity (Wildman–Crippen MR) is 71.6 cm³/mol. The molecule has 1 aliphatic rings. The van der Waals surface area contributed by atoms with Gasteiger partial charge >= 0.3 is 5.97 Å². The van der Waals surface area contributed by atoms with Gasteiger partial charge in [-0.2, -0.15) is 0 Å². The number of ether oxygens (including phenoxy) is 1. The lowest BCUT2D eigenvalue weighted by Gasteiger charge is -2.36. The normalized spacial score (nSPS) is 24.1. The first-order chi connectivity index (χ1) is 8.75. The Morgan fingerprint density at radius 1 is 1.26 bits per heavy atom. The van der Waals surface area contributed by atoms with Gasteiger partial charge in [0.2, 0.25) is 0 Å². The van der Waals surface area contributed by atoms with Crippen molar-refractivity contribution in [1.29, 1.82) is 0 Å². The summed E-state index contributed by atoms with van der Waals surface area (Å²) in [6, 6.07) is 0. The van der Waals surface area contributed by atoms with Gasteiger partial charge in [0.25, 0.3) is 0 Å². The maximum atomic E-state index is 12.1. The van der Waals surface area contributed by atoms with E-state index in [9.17, 15) is 14.4 Å². The molecule has 108 valence electrons. The summed E-state index contributed by atoms with van der Waals surface area (Å²) >= 11 is 0. The maximum Gasteiger partial charge on any atom is 0.305 e. The molecule has 4 heteroatoms. The van der Waals surface area contributed by atoms with E-state index in [2.05, 4.69) is 25.5 Å². The third-order valence-electron chi connectivity index (χ3n) is 4.06. The lowest BCUT2D eigenvalue weighted by atomic mass is 9.67. The lowest BCUT2D eigenvalue weighted by Crippen LogP contribution is -2.36. The summed E-state index contributed by atoms with van der Waals surface area (Å²) in [6.07, 6.45) is 2.15. The van der Waals surface area contributed by atoms with Crippen molar-refractivity contribution >= 4 is 17.5 Å². The monoisotopic (exact) mass is 268 g/mol. The summed E-state index contributed by atoms with van der Waals surface area (Å²) in [5.74, 6) is -0.594. The van der Waals surface area contributed by atoms with E-state index in [4.69, 9.17) is 0 Å². The number of hydrogen-bond donors (Lipinski definition) is 0. The predicted octanol–water partition coefficient (Wildman–Crippen LogP) is 2.54. The van der Waals surface area contributed by atoms with Crippen molar-refractivity contribution in [2.24, 2.45) is 17.3 Å². The highest BCUT2D eigenvalue weighted by Crippen LogP contribution is 2.39. The number of methoxy groups -OCH3 is 1. The van der Waals surface area contributed by atoms with Crippen LogP contribution in [0.3, 0.4) is 0 Å². The molecule has 0 aromatic rings. The number of ketones is 2. The molecular weight excluding hydrogens is 244 g/mol. The van der Waals surface area contributed by atoms with Crippen LogP contribution in [0.2, 0.25) is 0 Å². The standard InChI is InChI=1S/C15H24O4/c1-15(2,3)10-5-6-12(16)11(9-10)13(17)7-8-14(18)19-4/h10-11H,5-9H2,1-4H3. The molecule has 1 aliphatic carbocycles. The molecule has 0 radical (unpaired) electrons. The van der Waals surface area contributed by atoms with Gasteiger partial charge in [-0.15, -0.1) is 0 Å². The highest BCUT2D eigenvalue weighted by Gasteiger charge is 2.37. The van der Waals surface area contributed by atoms with E-state index in [0.717, 1.165) is 6.42 Å². The fourth-order valence-corrected chi connectivity index (χ4v) is 2.62. The SMILES string of the molecule is COC(=O)CCC(=O)C1CC(C(C)(C)C)CCC1=O. The van der Waals surface area contributed by atoms with E-state index in [1.165, 1.54) is 7.11 Å². The average molecular weight is 268 g/mol. The molecule has 4 nitrogen and oxygen atoms in total. The quantitative estimate of drug-likeness (QED) is 0.580. The van der Waals surface area contributed by atoms with Crippen LogP contribution in [-0.2, 0) is 19.1 Å². The molecule has 2 unspecified atom stereocenters. The van der Waals surface area contributed by atoms with Crippen molar-refractivity contribution < 1.29 is 19.1 Å². The average Bonchev–Trinajstić information content (AvgIpc) is 2.34. The van der Waals surface area contributed by atoms with Gasteiger partial charge in [-0.25, -0.2) is 0 Å². The van der Waals surface area contributed by atoms with E-state index in [1.807, 2.05) is 0 Å². The van der Waals surface area contributed by atoms with Crippen molar-refractivity contribution in [1.82, 2.24) is 0 Å². The van der Waals surface area contributed by atoms with E-state index >= 15 is 0 Å². The number of Topliss-reactive ketones (excluding diaryl/α,β-unsaturated/α-hetero) is 2. The Labute approximate surface area is 114 Å². The topological polar surface area (TPSA) is 60.4 Å². The van der Waals surface area contributed by atoms with Gasteiger partial charge in [0.1, 0.15) is 11.6 Å². The van der Waals surface area contributed by atoms with Gasteiger partial charge in [-0.3, -0.25) is 14.4 Å². The maximum absolute atomic E-state index is 12.1. The van der Waals surface area contributed by atoms with Gasteiger partial charge in [-0.1, -0.05) is 20.8 Å². The van der Waals surface area contributed by atoms with Crippen LogP contribution >= 0.6 is 0 Å². The van der Waals surface area contributed by atoms with E-state index in [0.29, 0.717) is 18.8 Å². The molecule has 2 atom stereocenters. The van der Waals surface area contributed by atoms with Crippen LogP contribution in [-0.4, -0.2) is 24.6 Å². The fourth-order valence-electron chi connectivity index (χ4n) is 2.62. The van der Waals surface area contributed by atoms with Crippen molar-refractivity contribution in [3.8, 4) is 0 Å². The molecule has 1 fully saturated rings. The van der Waals surface area contributed by atoms with Gasteiger partial charge in [0, 0.05) is 12.8 Å². The molecule has 0 bridgehead atoms. The zero-order valence-corrected chi connectivity index (χ0v) is 12.3. The molecule has 19 heavy (non-hydrogen) atoms. The van der Waals surface area contributed by atoms with Crippen LogP contribution in [0.25, 0.3) is 0 Å². The summed E-state index contributed by atoms with van der Waals surface area (Å²) in [6.45, 7) is 6.43. The molecule has 0 N–H and O–H groups in total. The van der Waals surface area contributed by atoms with E-state index in [1.54, 1.807) is 0 Å². The fraction of sp³-hybridized carbons (Fsp3) is 0.800. The van der Waals surface area contributed by atoms with Crippen LogP contribution in [0.1, 0.15) is 52.9 Å². The molecular formula is C15H24O4. The smallest absolute Gasteiger partial charge is 0.305 e. The van der Waals surface area contributed by atoms with Crippen LogP contribution in [0.15, 0.2) is 0 Å². The third kappa shape index (κ3) is 4.44. The summed E-state index contributed by atoms with van der Waals surface area (Å²) in [5.41, 5.74) is 0.113. The minimum atomic E-state index is -0.511. The van der Waals surface area contributed by atoms with Crippen LogP contribution in [0.4, 0.5) is 0 Å². The highest BCUT2D eigenvalue weighted by atomic mass is 16.5. The van der Waals surface area contributed by atoms with Crippen molar-refractivity contribution in [3.63, 3.8) is 0 Å². The summed E-state index contributed by atoms with van der Waals surface area (Å²) in [4.78, 5) is 35.0. The van der Waals surface area contributed by atoms with Crippen molar-refractivity contribution in [2.75, 3.05) is 7.11 Å². The molecule has 1 rings (SSSR count). The highest BCUT2D eigenvalue weighted by molar-refractivity contribution is 6.03. The minimum absolute atomic E-state index is 0.0374. The number of carbonyl (C=O) groups excluding carboxylic acids is 3. The minimum Gasteiger partial charge on any atom is -0.469 e. The van der Waals surface area contributed by atoms with Crippen LogP contribution in [0, 0.1) is 17.3 Å². The summed E-state index contributed by atoms with van der Waals surface area (Å²) < 4.78 is 4.51. The summed E-state index contributed by atoms with van der Waals surface area (Å²) in [7, 11) is 1.30. The van der Waals surface area contributed by atoms with Crippen molar-refractivity contribution in [2.45, 2.75) is 52.9 Å². The Kier molecular flexibility index (Phi) is 5.27. The van der Waals surface area contributed by atoms with Gasteiger partial charge < -0.3 is 4.74 Å². The zero-order valence-electron chi connectivity index (χ0n) is 12.3. The van der Waals surface area contributed by atoms with E-state index < -0.39 is 11.9 Å². The lowest BCUT2D eigenvalue weighted by molar-refractivity contribution is -0.144. The zero-order chi connectivity index (χ0) is 14.6. The molecule has 0 aromatic carbocycles. The molecule has 1 saturated carbocycles. The largest absolute Gasteiger partial charge is 0.469 e. The second-order valence-corrected chi connectivity index (χ2v) is 6.40. The van der Waals surface area contributed by atoms with Crippen LogP contribution < -0.4 is 0 Å². The second kappa shape index (κ2) is 6.31. The number of hydrogen-bond acceptors (Lipinski definition) is 4. The first kappa shape index (κ1) is 15.9. The first-order valence-corrected chi connectivity index (χ1v) is 6.88. The van der Waals surface area contributed by atoms with E-state index in [-0.39, 0.29) is 29.8 Å². The van der Waals surface area contributed by atoms with Crippen molar-refractivity contribution in [3.05, 3.63) is 0 Å². The molecule has 0 spiro atoms. The number of rotatable bonds is 4. The number of carbonyl (C=O) groups is 3. The van der Waals surface area contributed by atoms with Gasteiger partial charge in [0.15, 0.2) is 0 Å². The first-order valence-electron chi connectivity index (χ1n) is 6.88. The van der Waals surface area contributed by atoms with Crippen LogP contribution in [0.5, 0.6) is 0 Å².